The number of esters is 1. The molecule has 176 valence electrons. The largest absolute Gasteiger partial charge is 0.467 e. The Morgan fingerprint density at radius 2 is 1.66 bits per heavy atom. The average molecular weight is 531 g/mol. The third-order valence-electron chi connectivity index (χ3n) is 5.68. The molecule has 2 amide bonds. The molecular formula is C21H27BrN2O7S. The van der Waals surface area contributed by atoms with E-state index in [1.807, 2.05) is 0 Å². The maximum absolute atomic E-state index is 12.8. The van der Waals surface area contributed by atoms with Crippen LogP contribution in [0.4, 0.5) is 0 Å². The Balaban J connectivity index is 1.64. The second-order valence-corrected chi connectivity index (χ2v) is 10.4. The zero-order chi connectivity index (χ0) is 23.3. The lowest BCUT2D eigenvalue weighted by atomic mass is 10.1. The number of benzene rings is 1. The SMILES string of the molecule is COC(=O)C1CC(OS(=O)(=O)c2ccc(Br)cc2)CN1C(=O)CCC(=O)N1CCCCC1. The quantitative estimate of drug-likeness (QED) is 0.392. The van der Waals surface area contributed by atoms with E-state index in [9.17, 15) is 22.8 Å². The summed E-state index contributed by atoms with van der Waals surface area (Å²) in [7, 11) is -2.87. The minimum absolute atomic E-state index is 0.00571. The van der Waals surface area contributed by atoms with Gasteiger partial charge in [0, 0.05) is 43.4 Å². The Labute approximate surface area is 196 Å². The van der Waals surface area contributed by atoms with Gasteiger partial charge in [-0.3, -0.25) is 13.8 Å². The first-order valence-corrected chi connectivity index (χ1v) is 12.8. The third-order valence-corrected chi connectivity index (χ3v) is 7.59. The summed E-state index contributed by atoms with van der Waals surface area (Å²) in [5.74, 6) is -1.14. The van der Waals surface area contributed by atoms with Crippen LogP contribution in [0.25, 0.3) is 0 Å². The summed E-state index contributed by atoms with van der Waals surface area (Å²) in [6.07, 6.45) is 2.11. The number of likely N-dealkylation sites (tertiary alicyclic amines) is 2. The maximum Gasteiger partial charge on any atom is 0.328 e. The summed E-state index contributed by atoms with van der Waals surface area (Å²) in [5, 5.41) is 0. The summed E-state index contributed by atoms with van der Waals surface area (Å²) in [6, 6.07) is 5.01. The van der Waals surface area contributed by atoms with Gasteiger partial charge >= 0.3 is 5.97 Å². The van der Waals surface area contributed by atoms with Crippen LogP contribution in [-0.2, 0) is 33.4 Å². The van der Waals surface area contributed by atoms with E-state index in [-0.39, 0.29) is 36.6 Å². The van der Waals surface area contributed by atoms with E-state index in [0.717, 1.165) is 23.7 Å². The van der Waals surface area contributed by atoms with Crippen molar-refractivity contribution < 1.29 is 31.7 Å². The molecule has 2 saturated heterocycles. The van der Waals surface area contributed by atoms with Crippen molar-refractivity contribution >= 4 is 43.8 Å². The van der Waals surface area contributed by atoms with Crippen LogP contribution in [0, 0.1) is 0 Å². The van der Waals surface area contributed by atoms with Gasteiger partial charge in [-0.25, -0.2) is 4.79 Å². The van der Waals surface area contributed by atoms with Gasteiger partial charge in [-0.05, 0) is 43.5 Å². The molecule has 1 aromatic carbocycles. The van der Waals surface area contributed by atoms with Gasteiger partial charge in [0.2, 0.25) is 11.8 Å². The molecule has 32 heavy (non-hydrogen) atoms. The van der Waals surface area contributed by atoms with Crippen molar-refractivity contribution in [1.29, 1.82) is 0 Å². The number of piperidine rings is 1. The summed E-state index contributed by atoms with van der Waals surface area (Å²) in [5.41, 5.74) is 0. The van der Waals surface area contributed by atoms with E-state index in [1.54, 1.807) is 17.0 Å². The Bertz CT molecular complexity index is 945. The first-order chi connectivity index (χ1) is 15.2. The second kappa shape index (κ2) is 10.8. The Hall–Kier alpha value is -1.98. The summed E-state index contributed by atoms with van der Waals surface area (Å²) in [4.78, 5) is 40.4. The molecule has 0 saturated carbocycles. The van der Waals surface area contributed by atoms with Crippen molar-refractivity contribution in [3.05, 3.63) is 28.7 Å². The first-order valence-electron chi connectivity index (χ1n) is 10.5. The van der Waals surface area contributed by atoms with Crippen molar-refractivity contribution in [2.24, 2.45) is 0 Å². The van der Waals surface area contributed by atoms with Gasteiger partial charge in [0.15, 0.2) is 0 Å². The molecule has 3 rings (SSSR count). The lowest BCUT2D eigenvalue weighted by molar-refractivity contribution is -0.151. The second-order valence-electron chi connectivity index (χ2n) is 7.89. The fraction of sp³-hybridized carbons (Fsp3) is 0.571. The molecule has 2 aliphatic heterocycles. The van der Waals surface area contributed by atoms with Crippen LogP contribution in [0.2, 0.25) is 0 Å². The smallest absolute Gasteiger partial charge is 0.328 e. The fourth-order valence-electron chi connectivity index (χ4n) is 4.00. The predicted molar refractivity (Wildman–Crippen MR) is 118 cm³/mol. The standard InChI is InChI=1S/C21H27BrN2O7S/c1-30-21(27)18-13-16(31-32(28,29)17-7-5-15(22)6-8-17)14-24(18)20(26)10-9-19(25)23-11-3-2-4-12-23/h5-8,16,18H,2-4,9-14H2,1H3. The fourth-order valence-corrected chi connectivity index (χ4v) is 5.34. The molecule has 2 unspecified atom stereocenters. The molecular weight excluding hydrogens is 504 g/mol. The molecule has 11 heteroatoms. The molecule has 0 radical (unpaired) electrons. The predicted octanol–water partition coefficient (Wildman–Crippen LogP) is 2.09. The number of nitrogens with zero attached hydrogens (tertiary/aromatic N) is 2. The van der Waals surface area contributed by atoms with E-state index in [1.165, 1.54) is 24.1 Å². The highest BCUT2D eigenvalue weighted by Crippen LogP contribution is 2.27. The van der Waals surface area contributed by atoms with E-state index in [2.05, 4.69) is 15.9 Å². The van der Waals surface area contributed by atoms with E-state index in [0.29, 0.717) is 13.1 Å². The van der Waals surface area contributed by atoms with Crippen molar-refractivity contribution in [1.82, 2.24) is 9.80 Å². The van der Waals surface area contributed by atoms with Gasteiger partial charge in [-0.2, -0.15) is 8.42 Å². The van der Waals surface area contributed by atoms with Crippen molar-refractivity contribution in [2.75, 3.05) is 26.7 Å². The van der Waals surface area contributed by atoms with Crippen molar-refractivity contribution in [2.45, 2.75) is 55.6 Å². The molecule has 0 aliphatic carbocycles. The lowest BCUT2D eigenvalue weighted by Gasteiger charge is -2.27. The molecule has 2 aliphatic rings. The molecule has 2 atom stereocenters. The highest BCUT2D eigenvalue weighted by Gasteiger charge is 2.42. The van der Waals surface area contributed by atoms with E-state index in [4.69, 9.17) is 8.92 Å². The molecule has 9 nitrogen and oxygen atoms in total. The minimum Gasteiger partial charge on any atom is -0.467 e. The lowest BCUT2D eigenvalue weighted by Crippen LogP contribution is -2.42. The van der Waals surface area contributed by atoms with Crippen molar-refractivity contribution in [3.63, 3.8) is 0 Å². The number of halogens is 1. The van der Waals surface area contributed by atoms with Crippen LogP contribution in [0.15, 0.2) is 33.6 Å². The molecule has 0 N–H and O–H groups in total. The van der Waals surface area contributed by atoms with Gasteiger partial charge in [0.25, 0.3) is 10.1 Å². The van der Waals surface area contributed by atoms with Crippen LogP contribution < -0.4 is 0 Å². The Morgan fingerprint density at radius 3 is 2.28 bits per heavy atom. The topological polar surface area (TPSA) is 110 Å². The number of amides is 2. The van der Waals surface area contributed by atoms with Gasteiger partial charge < -0.3 is 14.5 Å². The molecule has 0 spiro atoms. The monoisotopic (exact) mass is 530 g/mol. The van der Waals surface area contributed by atoms with E-state index >= 15 is 0 Å². The number of hydrogen-bond donors (Lipinski definition) is 0. The van der Waals surface area contributed by atoms with Crippen LogP contribution in [0.5, 0.6) is 0 Å². The van der Waals surface area contributed by atoms with Gasteiger partial charge in [0.05, 0.1) is 18.1 Å². The Kier molecular flexibility index (Phi) is 8.29. The Morgan fingerprint density at radius 1 is 1.03 bits per heavy atom. The van der Waals surface area contributed by atoms with E-state index < -0.39 is 34.1 Å². The normalized spacial score (nSPS) is 21.4. The summed E-state index contributed by atoms with van der Waals surface area (Å²) < 4.78 is 36.1. The number of rotatable bonds is 7. The zero-order valence-electron chi connectivity index (χ0n) is 17.9. The summed E-state index contributed by atoms with van der Waals surface area (Å²) >= 11 is 3.25. The zero-order valence-corrected chi connectivity index (χ0v) is 20.3. The van der Waals surface area contributed by atoms with Crippen LogP contribution in [0.1, 0.15) is 38.5 Å². The maximum atomic E-state index is 12.8. The molecule has 2 heterocycles. The highest BCUT2D eigenvalue weighted by atomic mass is 79.9. The van der Waals surface area contributed by atoms with Gasteiger partial charge in [-0.1, -0.05) is 15.9 Å². The number of hydrogen-bond acceptors (Lipinski definition) is 7. The van der Waals surface area contributed by atoms with Crippen molar-refractivity contribution in [3.8, 4) is 0 Å². The van der Waals surface area contributed by atoms with Crippen LogP contribution in [-0.4, -0.2) is 74.9 Å². The van der Waals surface area contributed by atoms with Gasteiger partial charge in [-0.15, -0.1) is 0 Å². The molecule has 0 bridgehead atoms. The first kappa shape index (κ1) is 24.7. The van der Waals surface area contributed by atoms with Gasteiger partial charge in [0.1, 0.15) is 6.04 Å². The average Bonchev–Trinajstić information content (AvgIpc) is 3.20. The third kappa shape index (κ3) is 6.08. The highest BCUT2D eigenvalue weighted by molar-refractivity contribution is 9.10. The molecule has 0 aromatic heterocycles. The number of carbonyl (C=O) groups is 3. The molecule has 1 aromatic rings. The van der Waals surface area contributed by atoms with Crippen LogP contribution >= 0.6 is 15.9 Å². The number of carbonyl (C=O) groups excluding carboxylic acids is 3. The summed E-state index contributed by atoms with van der Waals surface area (Å²) in [6.45, 7) is 1.32. The number of methoxy groups -OCH3 is 1. The van der Waals surface area contributed by atoms with Crippen LogP contribution in [0.3, 0.4) is 0 Å². The molecule has 2 fully saturated rings. The number of ether oxygens (including phenoxy) is 1. The minimum atomic E-state index is -4.08.